The van der Waals surface area contributed by atoms with E-state index in [9.17, 15) is 9.59 Å². The van der Waals surface area contributed by atoms with Crippen LogP contribution >= 0.6 is 12.2 Å². The van der Waals surface area contributed by atoms with Gasteiger partial charge in [-0.05, 0) is 36.0 Å². The SMILES string of the molecule is O=C(c1ccc2c(=O)[nH]c(=S)[nH]c2c1)N1CCO[C@H](c2ccccc2)C1. The highest BCUT2D eigenvalue weighted by atomic mass is 32.1. The Labute approximate surface area is 154 Å². The standard InChI is InChI=1S/C19H17N3O3S/c23-17-14-7-6-13(10-15(14)20-19(26)21-17)18(24)22-8-9-25-16(11-22)12-4-2-1-3-5-12/h1-7,10,16H,8-9,11H2,(H2,20,21,23,26)/t16-/m0/s1. The minimum atomic E-state index is -0.265. The van der Waals surface area contributed by atoms with Gasteiger partial charge >= 0.3 is 0 Å². The van der Waals surface area contributed by atoms with Crippen LogP contribution in [0.15, 0.2) is 53.3 Å². The number of aromatic amines is 2. The Balaban J connectivity index is 1.62. The van der Waals surface area contributed by atoms with Gasteiger partial charge in [-0.15, -0.1) is 0 Å². The minimum absolute atomic E-state index is 0.0873. The summed E-state index contributed by atoms with van der Waals surface area (Å²) in [7, 11) is 0. The predicted octanol–water partition coefficient (Wildman–Crippen LogP) is 2.80. The summed E-state index contributed by atoms with van der Waals surface area (Å²) < 4.78 is 6.06. The molecule has 1 aliphatic rings. The molecule has 3 aromatic rings. The lowest BCUT2D eigenvalue weighted by Crippen LogP contribution is -2.42. The number of H-pyrrole nitrogens is 2. The highest BCUT2D eigenvalue weighted by molar-refractivity contribution is 7.71. The number of rotatable bonds is 2. The second-order valence-electron chi connectivity index (χ2n) is 6.19. The number of morpholine rings is 1. The fraction of sp³-hybridized carbons (Fsp3) is 0.211. The van der Waals surface area contributed by atoms with E-state index < -0.39 is 0 Å². The molecule has 1 atom stereocenters. The second-order valence-corrected chi connectivity index (χ2v) is 6.60. The third kappa shape index (κ3) is 3.18. The van der Waals surface area contributed by atoms with Gasteiger partial charge in [0.1, 0.15) is 6.10 Å². The molecule has 2 N–H and O–H groups in total. The van der Waals surface area contributed by atoms with E-state index in [-0.39, 0.29) is 22.3 Å². The highest BCUT2D eigenvalue weighted by Gasteiger charge is 2.26. The summed E-state index contributed by atoms with van der Waals surface area (Å²) in [5, 5.41) is 0.472. The summed E-state index contributed by atoms with van der Waals surface area (Å²) in [4.78, 5) is 32.1. The van der Waals surface area contributed by atoms with Crippen molar-refractivity contribution in [2.45, 2.75) is 6.10 Å². The average molecular weight is 367 g/mol. The second kappa shape index (κ2) is 6.86. The molecule has 1 aromatic heterocycles. The van der Waals surface area contributed by atoms with E-state index in [0.29, 0.717) is 36.2 Å². The van der Waals surface area contributed by atoms with E-state index in [4.69, 9.17) is 17.0 Å². The molecule has 2 aromatic carbocycles. The maximum Gasteiger partial charge on any atom is 0.259 e. The Hall–Kier alpha value is -2.77. The van der Waals surface area contributed by atoms with E-state index in [1.807, 2.05) is 30.3 Å². The normalized spacial score (nSPS) is 17.4. The van der Waals surface area contributed by atoms with Crippen LogP contribution in [0.1, 0.15) is 22.0 Å². The summed E-state index contributed by atoms with van der Waals surface area (Å²) in [5.74, 6) is -0.0873. The largest absolute Gasteiger partial charge is 0.370 e. The van der Waals surface area contributed by atoms with E-state index in [1.165, 1.54) is 0 Å². The molecule has 1 saturated heterocycles. The van der Waals surface area contributed by atoms with Gasteiger partial charge in [0.15, 0.2) is 4.77 Å². The maximum atomic E-state index is 12.9. The lowest BCUT2D eigenvalue weighted by atomic mass is 10.1. The van der Waals surface area contributed by atoms with Crippen LogP contribution < -0.4 is 5.56 Å². The van der Waals surface area contributed by atoms with E-state index >= 15 is 0 Å². The van der Waals surface area contributed by atoms with Crippen molar-refractivity contribution in [3.8, 4) is 0 Å². The first-order valence-corrected chi connectivity index (χ1v) is 8.75. The van der Waals surface area contributed by atoms with Gasteiger partial charge in [0.05, 0.1) is 24.1 Å². The van der Waals surface area contributed by atoms with Gasteiger partial charge < -0.3 is 14.6 Å². The Kier molecular flexibility index (Phi) is 4.40. The Morgan fingerprint density at radius 3 is 2.77 bits per heavy atom. The van der Waals surface area contributed by atoms with Crippen molar-refractivity contribution in [2.75, 3.05) is 19.7 Å². The van der Waals surface area contributed by atoms with E-state index in [1.54, 1.807) is 23.1 Å². The van der Waals surface area contributed by atoms with Gasteiger partial charge in [0.2, 0.25) is 0 Å². The molecule has 0 radical (unpaired) electrons. The van der Waals surface area contributed by atoms with Crippen molar-refractivity contribution >= 4 is 29.0 Å². The molecule has 0 saturated carbocycles. The molecule has 1 amide bonds. The molecule has 1 aliphatic heterocycles. The summed E-state index contributed by atoms with van der Waals surface area (Å²) >= 11 is 5.01. The van der Waals surface area contributed by atoms with Crippen molar-refractivity contribution in [2.24, 2.45) is 0 Å². The average Bonchev–Trinajstić information content (AvgIpc) is 2.67. The van der Waals surface area contributed by atoms with Crippen LogP contribution in [-0.2, 0) is 4.74 Å². The van der Waals surface area contributed by atoms with Crippen molar-refractivity contribution in [3.63, 3.8) is 0 Å². The zero-order chi connectivity index (χ0) is 18.1. The maximum absolute atomic E-state index is 12.9. The van der Waals surface area contributed by atoms with E-state index in [0.717, 1.165) is 5.56 Å². The van der Waals surface area contributed by atoms with Crippen molar-refractivity contribution in [1.82, 2.24) is 14.9 Å². The Morgan fingerprint density at radius 1 is 1.15 bits per heavy atom. The van der Waals surface area contributed by atoms with Crippen LogP contribution in [0, 0.1) is 4.77 Å². The lowest BCUT2D eigenvalue weighted by molar-refractivity contribution is -0.0228. The molecule has 1 fully saturated rings. The lowest BCUT2D eigenvalue weighted by Gasteiger charge is -2.33. The molecule has 26 heavy (non-hydrogen) atoms. The van der Waals surface area contributed by atoms with Crippen molar-refractivity contribution < 1.29 is 9.53 Å². The number of carbonyl (C=O) groups excluding carboxylic acids is 1. The van der Waals surface area contributed by atoms with Crippen molar-refractivity contribution in [3.05, 3.63) is 74.8 Å². The number of nitrogens with zero attached hydrogens (tertiary/aromatic N) is 1. The number of fused-ring (bicyclic) bond motifs is 1. The van der Waals surface area contributed by atoms with Gasteiger partial charge in [0, 0.05) is 12.1 Å². The molecular formula is C19H17N3O3S. The minimum Gasteiger partial charge on any atom is -0.370 e. The number of aromatic nitrogens is 2. The Morgan fingerprint density at radius 2 is 1.96 bits per heavy atom. The summed E-state index contributed by atoms with van der Waals surface area (Å²) in [6.45, 7) is 1.51. The summed E-state index contributed by atoms with van der Waals surface area (Å²) in [6, 6.07) is 14.9. The zero-order valence-corrected chi connectivity index (χ0v) is 14.7. The number of carbonyl (C=O) groups is 1. The zero-order valence-electron chi connectivity index (χ0n) is 13.9. The van der Waals surface area contributed by atoms with Crippen LogP contribution in [0.3, 0.4) is 0 Å². The van der Waals surface area contributed by atoms with Crippen LogP contribution in [0.2, 0.25) is 0 Å². The quantitative estimate of drug-likeness (QED) is 0.683. The fourth-order valence-electron chi connectivity index (χ4n) is 3.19. The monoisotopic (exact) mass is 367 g/mol. The van der Waals surface area contributed by atoms with Gasteiger partial charge in [-0.2, -0.15) is 0 Å². The molecular weight excluding hydrogens is 350 g/mol. The molecule has 0 aliphatic carbocycles. The van der Waals surface area contributed by atoms with E-state index in [2.05, 4.69) is 9.97 Å². The highest BCUT2D eigenvalue weighted by Crippen LogP contribution is 2.23. The van der Waals surface area contributed by atoms with Gasteiger partial charge in [-0.3, -0.25) is 14.6 Å². The first kappa shape index (κ1) is 16.7. The van der Waals surface area contributed by atoms with Crippen LogP contribution in [0.25, 0.3) is 10.9 Å². The number of ether oxygens (including phenoxy) is 1. The fourth-order valence-corrected chi connectivity index (χ4v) is 3.39. The third-order valence-corrected chi connectivity index (χ3v) is 4.72. The number of hydrogen-bond donors (Lipinski definition) is 2. The molecule has 0 spiro atoms. The first-order valence-electron chi connectivity index (χ1n) is 8.34. The van der Waals surface area contributed by atoms with Gasteiger partial charge in [-0.25, -0.2) is 0 Å². The molecule has 0 unspecified atom stereocenters. The molecule has 2 heterocycles. The van der Waals surface area contributed by atoms with Gasteiger partial charge in [-0.1, -0.05) is 30.3 Å². The predicted molar refractivity (Wildman–Crippen MR) is 101 cm³/mol. The number of amides is 1. The summed E-state index contributed by atoms with van der Waals surface area (Å²) in [6.07, 6.45) is -0.136. The molecule has 0 bridgehead atoms. The first-order chi connectivity index (χ1) is 12.6. The number of nitrogens with one attached hydrogen (secondary N) is 2. The van der Waals surface area contributed by atoms with Crippen LogP contribution in [0.4, 0.5) is 0 Å². The summed E-state index contributed by atoms with van der Waals surface area (Å²) in [5.41, 5.74) is 1.86. The topological polar surface area (TPSA) is 78.2 Å². The Bertz CT molecular complexity index is 1070. The smallest absolute Gasteiger partial charge is 0.259 e. The molecule has 4 rings (SSSR count). The van der Waals surface area contributed by atoms with Crippen LogP contribution in [-0.4, -0.2) is 40.5 Å². The number of hydrogen-bond acceptors (Lipinski definition) is 4. The third-order valence-electron chi connectivity index (χ3n) is 4.51. The molecule has 132 valence electrons. The van der Waals surface area contributed by atoms with Crippen molar-refractivity contribution in [1.29, 1.82) is 0 Å². The van der Waals surface area contributed by atoms with Crippen LogP contribution in [0.5, 0.6) is 0 Å². The molecule has 6 nitrogen and oxygen atoms in total. The molecule has 7 heteroatoms. The number of benzene rings is 2. The van der Waals surface area contributed by atoms with Gasteiger partial charge in [0.25, 0.3) is 11.5 Å².